The number of rotatable bonds is 5. The molecular formula is C25H21FIPS. The van der Waals surface area contributed by atoms with Crippen molar-refractivity contribution in [3.05, 3.63) is 121 Å². The van der Waals surface area contributed by atoms with Gasteiger partial charge in [-0.25, -0.2) is 0 Å². The van der Waals surface area contributed by atoms with Crippen molar-refractivity contribution in [1.82, 2.24) is 0 Å². The van der Waals surface area contributed by atoms with Gasteiger partial charge < -0.3 is 0 Å². The molecule has 0 nitrogen and oxygen atoms in total. The first-order chi connectivity index (χ1) is 14.0. The van der Waals surface area contributed by atoms with Gasteiger partial charge in [-0.2, -0.15) is 0 Å². The van der Waals surface area contributed by atoms with Gasteiger partial charge >= 0.3 is 191 Å². The molecule has 0 bridgehead atoms. The molecule has 0 fully saturated rings. The van der Waals surface area contributed by atoms with E-state index in [2.05, 4.69) is 126 Å². The van der Waals surface area contributed by atoms with Gasteiger partial charge in [0.05, 0.1) is 0 Å². The second kappa shape index (κ2) is 8.22. The van der Waals surface area contributed by atoms with Gasteiger partial charge in [-0.05, 0) is 0 Å². The van der Waals surface area contributed by atoms with Crippen molar-refractivity contribution >= 4 is 54.8 Å². The zero-order chi connectivity index (χ0) is 20.3. The number of benzene rings is 4. The van der Waals surface area contributed by atoms with Crippen molar-refractivity contribution in [2.24, 2.45) is 0 Å². The van der Waals surface area contributed by atoms with E-state index in [1.54, 1.807) is 0 Å². The topological polar surface area (TPSA) is 0 Å². The third-order valence-corrected chi connectivity index (χ3v) is 16.9. The SMILES string of the molecule is Fc1ccc(CP(I)(c2ccccc2)(c2ccccc2)c2ccccc2)c(S)c1. The van der Waals surface area contributed by atoms with E-state index >= 15 is 0 Å². The molecule has 0 unspecified atom stereocenters. The van der Waals surface area contributed by atoms with E-state index in [-0.39, 0.29) is 5.82 Å². The Bertz CT molecular complexity index is 1020. The Balaban J connectivity index is 2.09. The quantitative estimate of drug-likeness (QED) is 0.170. The molecule has 0 aliphatic rings. The van der Waals surface area contributed by atoms with Crippen LogP contribution in [0.2, 0.25) is 0 Å². The standard InChI is InChI=1S/C25H21FIPS/c26-21-17-16-20(25(29)18-21)19-28(27,22-10-4-1-5-11-22,23-12-6-2-7-13-23)24-14-8-3-9-15-24/h1-18,29H,19H2. The van der Waals surface area contributed by atoms with Crippen LogP contribution in [-0.2, 0) is 6.16 Å². The molecule has 4 aromatic rings. The molecule has 0 N–H and O–H groups in total. The fourth-order valence-electron chi connectivity index (χ4n) is 3.93. The molecule has 29 heavy (non-hydrogen) atoms. The number of thiol groups is 1. The fraction of sp³-hybridized carbons (Fsp3) is 0.0400. The van der Waals surface area contributed by atoms with Crippen LogP contribution in [0, 0.1) is 5.82 Å². The van der Waals surface area contributed by atoms with Crippen LogP contribution in [0.3, 0.4) is 0 Å². The summed E-state index contributed by atoms with van der Waals surface area (Å²) in [6.45, 7) is 0. The molecule has 0 saturated carbocycles. The van der Waals surface area contributed by atoms with Crippen molar-refractivity contribution < 1.29 is 4.39 Å². The van der Waals surface area contributed by atoms with Gasteiger partial charge in [0, 0.05) is 0 Å². The summed E-state index contributed by atoms with van der Waals surface area (Å²) < 4.78 is 10.9. The molecule has 0 aliphatic carbocycles. The Hall–Kier alpha value is -1.68. The van der Waals surface area contributed by atoms with Gasteiger partial charge in [-0.15, -0.1) is 0 Å². The van der Waals surface area contributed by atoms with E-state index in [4.69, 9.17) is 0 Å². The summed E-state index contributed by atoms with van der Waals surface area (Å²) >= 11 is 7.37. The Morgan fingerprint density at radius 1 is 0.655 bits per heavy atom. The van der Waals surface area contributed by atoms with Crippen molar-refractivity contribution in [1.29, 1.82) is 0 Å². The van der Waals surface area contributed by atoms with Gasteiger partial charge in [0.2, 0.25) is 0 Å². The number of hydrogen-bond acceptors (Lipinski definition) is 1. The van der Waals surface area contributed by atoms with Gasteiger partial charge in [-0.1, -0.05) is 0 Å². The third-order valence-electron chi connectivity index (χ3n) is 5.40. The minimum absolute atomic E-state index is 0.258. The Labute approximate surface area is 190 Å². The van der Waals surface area contributed by atoms with E-state index < -0.39 is 4.25 Å². The molecule has 0 spiro atoms. The first-order valence-corrected chi connectivity index (χ1v) is 15.0. The maximum atomic E-state index is 13.8. The molecule has 0 aliphatic heterocycles. The first-order valence-electron chi connectivity index (χ1n) is 9.39. The average Bonchev–Trinajstić information content (AvgIpc) is 2.78. The van der Waals surface area contributed by atoms with Crippen LogP contribution in [0.15, 0.2) is 114 Å². The predicted octanol–water partition coefficient (Wildman–Crippen LogP) is 6.49. The normalized spacial score (nSPS) is 12.9. The van der Waals surface area contributed by atoms with Crippen LogP contribution in [0.25, 0.3) is 0 Å². The van der Waals surface area contributed by atoms with Crippen LogP contribution >= 0.6 is 38.9 Å². The summed E-state index contributed by atoms with van der Waals surface area (Å²) in [7, 11) is 0. The molecule has 0 radical (unpaired) electrons. The Kier molecular flexibility index (Phi) is 5.83. The second-order valence-corrected chi connectivity index (χ2v) is 18.2. The molecule has 0 saturated heterocycles. The van der Waals surface area contributed by atoms with Crippen molar-refractivity contribution in [2.45, 2.75) is 11.1 Å². The van der Waals surface area contributed by atoms with Crippen LogP contribution in [0.5, 0.6) is 0 Å². The molecule has 0 atom stereocenters. The van der Waals surface area contributed by atoms with E-state index in [9.17, 15) is 4.39 Å². The number of halogens is 2. The average molecular weight is 530 g/mol. The van der Waals surface area contributed by atoms with E-state index in [1.807, 2.05) is 6.07 Å². The summed E-state index contributed by atoms with van der Waals surface area (Å²) in [5.41, 5.74) is 1.05. The van der Waals surface area contributed by atoms with Crippen molar-refractivity contribution in [3.63, 3.8) is 0 Å². The van der Waals surface area contributed by atoms with Crippen LogP contribution < -0.4 is 15.9 Å². The zero-order valence-corrected chi connectivity index (χ0v) is 19.7. The minimum atomic E-state index is -2.93. The molecule has 4 aromatic carbocycles. The van der Waals surface area contributed by atoms with Crippen molar-refractivity contribution in [3.8, 4) is 0 Å². The molecule has 4 rings (SSSR count). The summed E-state index contributed by atoms with van der Waals surface area (Å²) in [4.78, 5) is 0.693. The van der Waals surface area contributed by atoms with E-state index in [0.29, 0.717) is 4.90 Å². The summed E-state index contributed by atoms with van der Waals surface area (Å²) in [5.74, 6) is -0.258. The fourth-order valence-corrected chi connectivity index (χ4v) is 13.1. The van der Waals surface area contributed by atoms with E-state index in [0.717, 1.165) is 11.7 Å². The van der Waals surface area contributed by atoms with Gasteiger partial charge in [-0.3, -0.25) is 0 Å². The second-order valence-electron chi connectivity index (χ2n) is 7.12. The van der Waals surface area contributed by atoms with Crippen LogP contribution in [-0.4, -0.2) is 0 Å². The third kappa shape index (κ3) is 3.65. The first kappa shape index (κ1) is 20.6. The van der Waals surface area contributed by atoms with Crippen LogP contribution in [0.4, 0.5) is 4.39 Å². The summed E-state index contributed by atoms with van der Waals surface area (Å²) in [6.07, 6.45) is 0.767. The molecule has 4 heteroatoms. The molecular weight excluding hydrogens is 509 g/mol. The monoisotopic (exact) mass is 530 g/mol. The van der Waals surface area contributed by atoms with Gasteiger partial charge in [0.1, 0.15) is 0 Å². The Morgan fingerprint density at radius 3 is 1.45 bits per heavy atom. The summed E-state index contributed by atoms with van der Waals surface area (Å²) in [6, 6.07) is 37.1. The van der Waals surface area contributed by atoms with Crippen LogP contribution in [0.1, 0.15) is 5.56 Å². The van der Waals surface area contributed by atoms with Crippen molar-refractivity contribution in [2.75, 3.05) is 0 Å². The van der Waals surface area contributed by atoms with Gasteiger partial charge in [0.15, 0.2) is 0 Å². The molecule has 0 amide bonds. The van der Waals surface area contributed by atoms with E-state index in [1.165, 1.54) is 28.0 Å². The molecule has 146 valence electrons. The molecule has 0 aromatic heterocycles. The zero-order valence-electron chi connectivity index (χ0n) is 15.7. The maximum absolute atomic E-state index is 13.8. The predicted molar refractivity (Wildman–Crippen MR) is 137 cm³/mol. The number of hydrogen-bond donors (Lipinski definition) is 1. The van der Waals surface area contributed by atoms with Gasteiger partial charge in [0.25, 0.3) is 0 Å². The molecule has 0 heterocycles. The summed E-state index contributed by atoms with van der Waals surface area (Å²) in [5, 5.41) is 3.90. The Morgan fingerprint density at radius 2 is 1.07 bits per heavy atom.